The van der Waals surface area contributed by atoms with E-state index in [-0.39, 0.29) is 16.4 Å². The fourth-order valence-electron chi connectivity index (χ4n) is 4.06. The summed E-state index contributed by atoms with van der Waals surface area (Å²) in [6, 6.07) is 13.8. The minimum atomic E-state index is -0.927. The monoisotopic (exact) mass is 378 g/mol. The van der Waals surface area contributed by atoms with Gasteiger partial charge in [0, 0.05) is 5.57 Å². The van der Waals surface area contributed by atoms with Crippen LogP contribution >= 0.6 is 0 Å². The van der Waals surface area contributed by atoms with Gasteiger partial charge >= 0.3 is 5.97 Å². The Bertz CT molecular complexity index is 917. The lowest BCUT2D eigenvalue weighted by molar-refractivity contribution is -0.132. The van der Waals surface area contributed by atoms with Crippen molar-refractivity contribution in [2.75, 3.05) is 0 Å². The van der Waals surface area contributed by atoms with Gasteiger partial charge in [0.25, 0.3) is 0 Å². The van der Waals surface area contributed by atoms with Crippen LogP contribution in [0.4, 0.5) is 0 Å². The van der Waals surface area contributed by atoms with Crippen LogP contribution in [0.3, 0.4) is 0 Å². The summed E-state index contributed by atoms with van der Waals surface area (Å²) in [6.07, 6.45) is 3.22. The molecule has 0 amide bonds. The molecule has 3 heteroatoms. The summed E-state index contributed by atoms with van der Waals surface area (Å²) in [7, 11) is 0. The molecule has 0 fully saturated rings. The Labute approximate surface area is 167 Å². The fraction of sp³-hybridized carbons (Fsp3) is 0.400. The molecule has 28 heavy (non-hydrogen) atoms. The lowest BCUT2D eigenvalue weighted by atomic mass is 9.63. The summed E-state index contributed by atoms with van der Waals surface area (Å²) in [4.78, 5) is 11.0. The van der Waals surface area contributed by atoms with Crippen molar-refractivity contribution in [2.24, 2.45) is 0 Å². The predicted molar refractivity (Wildman–Crippen MR) is 114 cm³/mol. The Balaban J connectivity index is 1.92. The standard InChI is InChI=1S/C25H30O3/c1-16(23(27)28)14-17-6-8-18(9-7-17)22(26)19-10-11-20-21(15-19)25(4,5)13-12-24(20,2)3/h6-11,14-15,22,26H,12-13H2,1-5H3,(H,27,28)/b16-14+. The first-order valence-electron chi connectivity index (χ1n) is 9.86. The van der Waals surface area contributed by atoms with Crippen LogP contribution in [0.1, 0.15) is 81.4 Å². The van der Waals surface area contributed by atoms with Gasteiger partial charge in [-0.25, -0.2) is 4.79 Å². The molecule has 1 unspecified atom stereocenters. The Morgan fingerprint density at radius 1 is 0.929 bits per heavy atom. The molecular weight excluding hydrogens is 348 g/mol. The second-order valence-electron chi connectivity index (χ2n) is 9.27. The van der Waals surface area contributed by atoms with Gasteiger partial charge in [0.2, 0.25) is 0 Å². The third kappa shape index (κ3) is 3.90. The lowest BCUT2D eigenvalue weighted by Gasteiger charge is -2.42. The van der Waals surface area contributed by atoms with Gasteiger partial charge in [0.1, 0.15) is 6.10 Å². The van der Waals surface area contributed by atoms with Crippen LogP contribution in [0.2, 0.25) is 0 Å². The molecule has 0 spiro atoms. The van der Waals surface area contributed by atoms with Crippen molar-refractivity contribution in [1.82, 2.24) is 0 Å². The number of fused-ring (bicyclic) bond motifs is 1. The van der Waals surface area contributed by atoms with Crippen molar-refractivity contribution in [2.45, 2.75) is 64.4 Å². The highest BCUT2D eigenvalue weighted by Gasteiger charge is 2.37. The number of aliphatic hydroxyl groups excluding tert-OH is 1. The Morgan fingerprint density at radius 2 is 1.46 bits per heavy atom. The van der Waals surface area contributed by atoms with Crippen molar-refractivity contribution < 1.29 is 15.0 Å². The van der Waals surface area contributed by atoms with E-state index in [2.05, 4.69) is 39.8 Å². The molecule has 0 radical (unpaired) electrons. The number of rotatable bonds is 4. The molecule has 2 N–H and O–H groups in total. The van der Waals surface area contributed by atoms with Gasteiger partial charge in [-0.2, -0.15) is 0 Å². The molecule has 0 bridgehead atoms. The van der Waals surface area contributed by atoms with Crippen LogP contribution in [0.25, 0.3) is 6.08 Å². The van der Waals surface area contributed by atoms with E-state index >= 15 is 0 Å². The van der Waals surface area contributed by atoms with Crippen LogP contribution in [-0.4, -0.2) is 16.2 Å². The highest BCUT2D eigenvalue weighted by Crippen LogP contribution is 2.46. The number of aliphatic carboxylic acids is 1. The third-order valence-electron chi connectivity index (χ3n) is 6.17. The zero-order valence-corrected chi connectivity index (χ0v) is 17.4. The number of hydrogen-bond donors (Lipinski definition) is 2. The molecule has 1 aliphatic rings. The van der Waals surface area contributed by atoms with Crippen molar-refractivity contribution in [1.29, 1.82) is 0 Å². The molecule has 0 heterocycles. The molecule has 0 aromatic heterocycles. The van der Waals surface area contributed by atoms with Gasteiger partial charge in [-0.3, -0.25) is 0 Å². The number of carbonyl (C=O) groups is 1. The smallest absolute Gasteiger partial charge is 0.331 e. The largest absolute Gasteiger partial charge is 0.478 e. The van der Waals surface area contributed by atoms with Crippen LogP contribution in [-0.2, 0) is 15.6 Å². The summed E-state index contributed by atoms with van der Waals surface area (Å²) in [5.74, 6) is -0.927. The van der Waals surface area contributed by atoms with Crippen LogP contribution < -0.4 is 0 Å². The topological polar surface area (TPSA) is 57.5 Å². The minimum absolute atomic E-state index is 0.101. The van der Waals surface area contributed by atoms with Crippen LogP contribution in [0.15, 0.2) is 48.0 Å². The summed E-state index contributed by atoms with van der Waals surface area (Å²) in [6.45, 7) is 10.7. The third-order valence-corrected chi connectivity index (χ3v) is 6.17. The van der Waals surface area contributed by atoms with E-state index in [1.807, 2.05) is 30.3 Å². The number of carboxylic acids is 1. The molecule has 0 saturated heterocycles. The van der Waals surface area contributed by atoms with Crippen LogP contribution in [0, 0.1) is 0 Å². The van der Waals surface area contributed by atoms with Crippen LogP contribution in [0.5, 0.6) is 0 Å². The zero-order valence-electron chi connectivity index (χ0n) is 17.4. The number of aliphatic hydroxyl groups is 1. The summed E-state index contributed by atoms with van der Waals surface area (Å²) in [5, 5.41) is 19.9. The van der Waals surface area contributed by atoms with E-state index in [1.54, 1.807) is 13.0 Å². The second kappa shape index (κ2) is 7.21. The van der Waals surface area contributed by atoms with E-state index in [4.69, 9.17) is 5.11 Å². The first-order valence-corrected chi connectivity index (χ1v) is 9.86. The number of benzene rings is 2. The van der Waals surface area contributed by atoms with E-state index in [0.717, 1.165) is 23.1 Å². The highest BCUT2D eigenvalue weighted by atomic mass is 16.4. The molecule has 3 rings (SSSR count). The van der Waals surface area contributed by atoms with Crippen molar-refractivity contribution in [3.63, 3.8) is 0 Å². The first kappa shape index (κ1) is 20.3. The average molecular weight is 379 g/mol. The van der Waals surface area contributed by atoms with Gasteiger partial charge in [-0.1, -0.05) is 70.2 Å². The van der Waals surface area contributed by atoms with Gasteiger partial charge in [0.05, 0.1) is 0 Å². The second-order valence-corrected chi connectivity index (χ2v) is 9.27. The van der Waals surface area contributed by atoms with E-state index in [9.17, 15) is 9.90 Å². The van der Waals surface area contributed by atoms with Gasteiger partial charge in [0.15, 0.2) is 0 Å². The normalized spacial score (nSPS) is 19.0. The fourth-order valence-corrected chi connectivity index (χ4v) is 4.06. The molecule has 0 saturated carbocycles. The number of carboxylic acid groups (broad SMARTS) is 1. The molecule has 148 valence electrons. The Kier molecular flexibility index (Phi) is 5.24. The number of hydrogen-bond acceptors (Lipinski definition) is 2. The van der Waals surface area contributed by atoms with E-state index in [0.29, 0.717) is 0 Å². The van der Waals surface area contributed by atoms with E-state index < -0.39 is 12.1 Å². The molecule has 3 nitrogen and oxygen atoms in total. The molecule has 2 aromatic carbocycles. The maximum Gasteiger partial charge on any atom is 0.331 e. The Hall–Kier alpha value is -2.39. The average Bonchev–Trinajstić information content (AvgIpc) is 2.65. The summed E-state index contributed by atoms with van der Waals surface area (Å²) < 4.78 is 0. The predicted octanol–water partition coefficient (Wildman–Crippen LogP) is 5.61. The summed E-state index contributed by atoms with van der Waals surface area (Å²) >= 11 is 0. The maximum absolute atomic E-state index is 11.0. The highest BCUT2D eigenvalue weighted by molar-refractivity contribution is 5.91. The summed E-state index contributed by atoms with van der Waals surface area (Å²) in [5.41, 5.74) is 5.76. The van der Waals surface area contributed by atoms with Crippen molar-refractivity contribution in [3.05, 3.63) is 75.9 Å². The molecule has 0 aliphatic heterocycles. The van der Waals surface area contributed by atoms with E-state index in [1.165, 1.54) is 17.5 Å². The SMILES string of the molecule is C/C(=C\c1ccc(C(O)c2ccc3c(c2)C(C)(C)CCC3(C)C)cc1)C(=O)O. The van der Waals surface area contributed by atoms with Gasteiger partial charge in [-0.05, 0) is 64.5 Å². The Morgan fingerprint density at radius 3 is 2.04 bits per heavy atom. The van der Waals surface area contributed by atoms with Gasteiger partial charge in [-0.15, -0.1) is 0 Å². The molecule has 1 atom stereocenters. The van der Waals surface area contributed by atoms with Gasteiger partial charge < -0.3 is 10.2 Å². The molecular formula is C25H30O3. The lowest BCUT2D eigenvalue weighted by Crippen LogP contribution is -2.34. The zero-order chi connectivity index (χ0) is 20.7. The first-order chi connectivity index (χ1) is 13.0. The molecule has 1 aliphatic carbocycles. The molecule has 2 aromatic rings. The van der Waals surface area contributed by atoms with Crippen molar-refractivity contribution >= 4 is 12.0 Å². The minimum Gasteiger partial charge on any atom is -0.478 e. The van der Waals surface area contributed by atoms with Crippen molar-refractivity contribution in [3.8, 4) is 0 Å². The maximum atomic E-state index is 11.0. The quantitative estimate of drug-likeness (QED) is 0.680.